The van der Waals surface area contributed by atoms with E-state index in [0.29, 0.717) is 0 Å². The number of nitrogens with one attached hydrogen (secondary N) is 1. The molecule has 23 heavy (non-hydrogen) atoms. The molecule has 0 atom stereocenters. The first kappa shape index (κ1) is 15.9. The van der Waals surface area contributed by atoms with Crippen LogP contribution in [0.5, 0.6) is 5.75 Å². The van der Waals surface area contributed by atoms with E-state index < -0.39 is 15.8 Å². The van der Waals surface area contributed by atoms with Crippen molar-refractivity contribution in [3.63, 3.8) is 0 Å². The van der Waals surface area contributed by atoms with Gasteiger partial charge in [-0.05, 0) is 43.0 Å². The first-order chi connectivity index (χ1) is 10.9. The Morgan fingerprint density at radius 1 is 1.39 bits per heavy atom. The quantitative estimate of drug-likeness (QED) is 0.897. The Morgan fingerprint density at radius 3 is 2.91 bits per heavy atom. The normalized spacial score (nSPS) is 14.0. The summed E-state index contributed by atoms with van der Waals surface area (Å²) < 4.78 is 47.6. The van der Waals surface area contributed by atoms with Crippen LogP contribution in [0.1, 0.15) is 23.4 Å². The molecule has 0 radical (unpaired) electrons. The molecule has 0 unspecified atom stereocenters. The lowest BCUT2D eigenvalue weighted by Crippen LogP contribution is -2.25. The van der Waals surface area contributed by atoms with Crippen LogP contribution in [-0.2, 0) is 36.5 Å². The number of hydrogen-bond donors (Lipinski definition) is 1. The number of fused-ring (bicyclic) bond motifs is 1. The van der Waals surface area contributed by atoms with Crippen molar-refractivity contribution in [3.8, 4) is 5.75 Å². The van der Waals surface area contributed by atoms with Crippen LogP contribution in [0.15, 0.2) is 23.1 Å². The predicted octanol–water partition coefficient (Wildman–Crippen LogP) is 1.54. The van der Waals surface area contributed by atoms with Crippen LogP contribution in [0.2, 0.25) is 0 Å². The molecule has 0 saturated carbocycles. The van der Waals surface area contributed by atoms with Crippen molar-refractivity contribution in [1.82, 2.24) is 14.5 Å². The summed E-state index contributed by atoms with van der Waals surface area (Å²) in [6, 6.07) is 3.41. The second kappa shape index (κ2) is 5.93. The lowest BCUT2D eigenvalue weighted by Gasteiger charge is -2.11. The van der Waals surface area contributed by atoms with Crippen LogP contribution in [-0.4, -0.2) is 25.3 Å². The Hall–Kier alpha value is -1.93. The molecule has 0 saturated heterocycles. The fourth-order valence-corrected chi connectivity index (χ4v) is 4.07. The topological polar surface area (TPSA) is 73.2 Å². The van der Waals surface area contributed by atoms with Crippen LogP contribution in [0.4, 0.5) is 4.39 Å². The molecule has 1 N–H and O–H groups in total. The summed E-state index contributed by atoms with van der Waals surface area (Å²) in [5, 5.41) is 4.41. The summed E-state index contributed by atoms with van der Waals surface area (Å²) in [6.45, 7) is 0.112. The van der Waals surface area contributed by atoms with Gasteiger partial charge in [0.05, 0.1) is 25.0 Å². The summed E-state index contributed by atoms with van der Waals surface area (Å²) in [7, 11) is -0.748. The smallest absolute Gasteiger partial charge is 0.244 e. The van der Waals surface area contributed by atoms with Gasteiger partial charge >= 0.3 is 0 Å². The summed E-state index contributed by atoms with van der Waals surface area (Å²) in [5.41, 5.74) is 2.99. The van der Waals surface area contributed by atoms with Gasteiger partial charge in [0.15, 0.2) is 0 Å². The minimum absolute atomic E-state index is 0.106. The first-order valence-corrected chi connectivity index (χ1v) is 8.77. The van der Waals surface area contributed by atoms with Gasteiger partial charge in [-0.15, -0.1) is 0 Å². The molecule has 3 rings (SSSR count). The maximum Gasteiger partial charge on any atom is 0.244 e. The molecule has 1 aromatic carbocycles. The molecule has 2 aromatic rings. The second-order valence-corrected chi connectivity index (χ2v) is 7.20. The third-order valence-electron chi connectivity index (χ3n) is 4.04. The molecule has 1 aliphatic rings. The molecule has 6 nitrogen and oxygen atoms in total. The van der Waals surface area contributed by atoms with Gasteiger partial charge in [0.2, 0.25) is 10.0 Å². The molecule has 0 aliphatic heterocycles. The van der Waals surface area contributed by atoms with Gasteiger partial charge in [-0.2, -0.15) is 5.10 Å². The highest BCUT2D eigenvalue weighted by Crippen LogP contribution is 2.26. The number of benzene rings is 1. The van der Waals surface area contributed by atoms with Gasteiger partial charge in [0, 0.05) is 7.05 Å². The highest BCUT2D eigenvalue weighted by atomic mass is 32.2. The maximum atomic E-state index is 13.4. The van der Waals surface area contributed by atoms with Crippen LogP contribution in [0, 0.1) is 5.82 Å². The lowest BCUT2D eigenvalue weighted by atomic mass is 10.2. The van der Waals surface area contributed by atoms with Gasteiger partial charge in [-0.3, -0.25) is 4.68 Å². The fourth-order valence-electron chi connectivity index (χ4n) is 2.91. The summed E-state index contributed by atoms with van der Waals surface area (Å²) >= 11 is 0. The number of hydrogen-bond acceptors (Lipinski definition) is 4. The monoisotopic (exact) mass is 339 g/mol. The number of methoxy groups -OCH3 is 1. The van der Waals surface area contributed by atoms with Crippen molar-refractivity contribution in [2.75, 3.05) is 7.11 Å². The number of sulfonamides is 1. The van der Waals surface area contributed by atoms with E-state index in [1.165, 1.54) is 13.2 Å². The van der Waals surface area contributed by atoms with Gasteiger partial charge in [0.25, 0.3) is 0 Å². The van der Waals surface area contributed by atoms with Crippen molar-refractivity contribution < 1.29 is 17.5 Å². The largest absolute Gasteiger partial charge is 0.495 e. The minimum Gasteiger partial charge on any atom is -0.495 e. The van der Waals surface area contributed by atoms with Crippen LogP contribution in [0.25, 0.3) is 0 Å². The molecule has 0 fully saturated rings. The Labute approximate surface area is 134 Å². The van der Waals surface area contributed by atoms with Crippen molar-refractivity contribution >= 4 is 10.0 Å². The molecule has 1 aliphatic carbocycles. The van der Waals surface area contributed by atoms with Gasteiger partial charge in [0.1, 0.15) is 16.5 Å². The van der Waals surface area contributed by atoms with Gasteiger partial charge < -0.3 is 4.74 Å². The van der Waals surface area contributed by atoms with Crippen LogP contribution < -0.4 is 9.46 Å². The maximum absolute atomic E-state index is 13.4. The van der Waals surface area contributed by atoms with E-state index in [-0.39, 0.29) is 17.2 Å². The van der Waals surface area contributed by atoms with E-state index in [4.69, 9.17) is 4.74 Å². The molecule has 1 aromatic heterocycles. The number of halogens is 1. The molecule has 124 valence electrons. The zero-order valence-corrected chi connectivity index (χ0v) is 13.8. The molecule has 8 heteroatoms. The van der Waals surface area contributed by atoms with E-state index in [2.05, 4.69) is 9.82 Å². The number of nitrogens with zero attached hydrogens (tertiary/aromatic N) is 2. The third kappa shape index (κ3) is 2.96. The number of rotatable bonds is 5. The summed E-state index contributed by atoms with van der Waals surface area (Å²) in [5.74, 6) is -0.526. The van der Waals surface area contributed by atoms with Crippen molar-refractivity contribution in [2.24, 2.45) is 7.05 Å². The number of ether oxygens (including phenoxy) is 1. The Balaban J connectivity index is 1.87. The number of aryl methyl sites for hydroxylation is 2. The van der Waals surface area contributed by atoms with E-state index in [1.807, 2.05) is 0 Å². The fraction of sp³-hybridized carbons (Fsp3) is 0.400. The summed E-state index contributed by atoms with van der Waals surface area (Å²) in [6.07, 6.45) is 2.87. The first-order valence-electron chi connectivity index (χ1n) is 7.29. The number of aromatic nitrogens is 2. The van der Waals surface area contributed by atoms with E-state index in [1.54, 1.807) is 11.7 Å². The van der Waals surface area contributed by atoms with Crippen LogP contribution in [0.3, 0.4) is 0 Å². The average Bonchev–Trinajstić information content (AvgIpc) is 3.06. The Bertz CT molecular complexity index is 846. The van der Waals surface area contributed by atoms with E-state index in [9.17, 15) is 12.8 Å². The van der Waals surface area contributed by atoms with Crippen molar-refractivity contribution in [1.29, 1.82) is 0 Å². The molecule has 0 amide bonds. The SMILES string of the molecule is COc1ccc(F)cc1S(=O)(=O)NCc1c2c(nn1C)CCC2. The lowest BCUT2D eigenvalue weighted by molar-refractivity contribution is 0.400. The molecular weight excluding hydrogens is 321 g/mol. The van der Waals surface area contributed by atoms with E-state index >= 15 is 0 Å². The van der Waals surface area contributed by atoms with Gasteiger partial charge in [-0.25, -0.2) is 17.5 Å². The highest BCUT2D eigenvalue weighted by molar-refractivity contribution is 7.89. The molecule has 0 bridgehead atoms. The molecule has 1 heterocycles. The molecular formula is C15H18FN3O3S. The van der Waals surface area contributed by atoms with Gasteiger partial charge in [-0.1, -0.05) is 0 Å². The van der Waals surface area contributed by atoms with Crippen molar-refractivity contribution in [2.45, 2.75) is 30.7 Å². The minimum atomic E-state index is -3.89. The zero-order valence-electron chi connectivity index (χ0n) is 13.0. The zero-order chi connectivity index (χ0) is 16.6. The standard InChI is InChI=1S/C15H18FN3O3S/c1-19-13(11-4-3-5-12(11)18-19)9-17-23(20,21)15-8-10(16)6-7-14(15)22-2/h6-8,17H,3-5,9H2,1-2H3. The van der Waals surface area contributed by atoms with Crippen molar-refractivity contribution in [3.05, 3.63) is 41.0 Å². The van der Waals surface area contributed by atoms with Crippen LogP contribution >= 0.6 is 0 Å². The third-order valence-corrected chi connectivity index (χ3v) is 5.47. The average molecular weight is 339 g/mol. The van der Waals surface area contributed by atoms with E-state index in [0.717, 1.165) is 48.3 Å². The summed E-state index contributed by atoms with van der Waals surface area (Å²) in [4.78, 5) is -0.209. The second-order valence-electron chi connectivity index (χ2n) is 5.47. The molecule has 0 spiro atoms. The highest BCUT2D eigenvalue weighted by Gasteiger charge is 2.24. The Morgan fingerprint density at radius 2 is 2.17 bits per heavy atom. The Kier molecular flexibility index (Phi) is 4.11. The predicted molar refractivity (Wildman–Crippen MR) is 82.2 cm³/mol.